The molecular weight excluding hydrogens is 302 g/mol. The van der Waals surface area contributed by atoms with Gasteiger partial charge in [-0.15, -0.1) is 11.3 Å². The molecule has 0 aliphatic heterocycles. The molecule has 0 bridgehead atoms. The molecule has 0 spiro atoms. The second kappa shape index (κ2) is 5.19. The monoisotopic (exact) mass is 313 g/mol. The van der Waals surface area contributed by atoms with Crippen molar-refractivity contribution in [2.24, 2.45) is 5.14 Å². The zero-order chi connectivity index (χ0) is 14.9. The number of sulfonamides is 1. The fourth-order valence-electron chi connectivity index (χ4n) is 1.50. The number of benzene rings is 1. The molecule has 0 unspecified atom stereocenters. The van der Waals surface area contributed by atoms with Crippen LogP contribution in [0.2, 0.25) is 0 Å². The summed E-state index contributed by atoms with van der Waals surface area (Å²) in [7, 11) is -3.72. The Balaban J connectivity index is 2.22. The summed E-state index contributed by atoms with van der Waals surface area (Å²) in [5.74, 6) is -1.09. The molecule has 1 aromatic carbocycles. The van der Waals surface area contributed by atoms with Gasteiger partial charge in [0, 0.05) is 10.6 Å². The van der Waals surface area contributed by atoms with Crippen molar-refractivity contribution in [2.45, 2.75) is 11.8 Å². The van der Waals surface area contributed by atoms with Crippen molar-refractivity contribution >= 4 is 38.1 Å². The number of carboxylic acids is 1. The number of anilines is 2. The van der Waals surface area contributed by atoms with Gasteiger partial charge in [-0.1, -0.05) is 0 Å². The number of aromatic carboxylic acids is 1. The lowest BCUT2D eigenvalue weighted by Crippen LogP contribution is -2.11. The average molecular weight is 313 g/mol. The number of hydrogen-bond acceptors (Lipinski definition) is 6. The van der Waals surface area contributed by atoms with Crippen molar-refractivity contribution in [1.82, 2.24) is 4.98 Å². The fourth-order valence-corrected chi connectivity index (χ4v) is 2.84. The van der Waals surface area contributed by atoms with Crippen LogP contribution in [0, 0.1) is 6.92 Å². The van der Waals surface area contributed by atoms with E-state index in [2.05, 4.69) is 10.3 Å². The van der Waals surface area contributed by atoms with Gasteiger partial charge in [0.25, 0.3) is 0 Å². The van der Waals surface area contributed by atoms with Gasteiger partial charge < -0.3 is 10.4 Å². The quantitative estimate of drug-likeness (QED) is 0.787. The van der Waals surface area contributed by atoms with E-state index in [0.717, 1.165) is 0 Å². The van der Waals surface area contributed by atoms with E-state index >= 15 is 0 Å². The molecule has 9 heteroatoms. The van der Waals surface area contributed by atoms with E-state index in [1.807, 2.05) is 0 Å². The highest BCUT2D eigenvalue weighted by Gasteiger charge is 2.14. The van der Waals surface area contributed by atoms with Crippen LogP contribution >= 0.6 is 11.3 Å². The minimum absolute atomic E-state index is 0.00124. The first kappa shape index (κ1) is 14.4. The topological polar surface area (TPSA) is 122 Å². The summed E-state index contributed by atoms with van der Waals surface area (Å²) in [6.45, 7) is 1.66. The van der Waals surface area contributed by atoms with Gasteiger partial charge in [0.15, 0.2) is 10.8 Å². The van der Waals surface area contributed by atoms with Gasteiger partial charge in [-0.05, 0) is 31.2 Å². The fraction of sp³-hybridized carbons (Fsp3) is 0.0909. The lowest BCUT2D eigenvalue weighted by atomic mass is 10.3. The molecule has 0 amide bonds. The number of nitrogens with zero attached hydrogens (tertiary/aromatic N) is 1. The molecule has 20 heavy (non-hydrogen) atoms. The number of carbonyl (C=O) groups is 1. The van der Waals surface area contributed by atoms with Gasteiger partial charge in [-0.2, -0.15) is 0 Å². The molecule has 0 aliphatic rings. The number of thiazole rings is 1. The zero-order valence-corrected chi connectivity index (χ0v) is 12.0. The molecule has 0 saturated heterocycles. The Morgan fingerprint density at radius 3 is 2.40 bits per heavy atom. The molecule has 0 atom stereocenters. The normalized spacial score (nSPS) is 11.3. The Kier molecular flexibility index (Phi) is 3.75. The lowest BCUT2D eigenvalue weighted by molar-refractivity contribution is 0.0690. The molecule has 1 aromatic heterocycles. The van der Waals surface area contributed by atoms with Crippen LogP contribution < -0.4 is 10.5 Å². The van der Waals surface area contributed by atoms with Gasteiger partial charge in [0.1, 0.15) is 0 Å². The first-order valence-electron chi connectivity index (χ1n) is 5.38. The number of aryl methyl sites for hydroxylation is 1. The number of aromatic nitrogens is 1. The van der Waals surface area contributed by atoms with E-state index in [-0.39, 0.29) is 10.6 Å². The number of hydrogen-bond donors (Lipinski definition) is 3. The molecule has 0 radical (unpaired) electrons. The van der Waals surface area contributed by atoms with Crippen LogP contribution in [0.1, 0.15) is 15.4 Å². The first-order valence-corrected chi connectivity index (χ1v) is 7.74. The van der Waals surface area contributed by atoms with Crippen molar-refractivity contribution < 1.29 is 18.3 Å². The minimum Gasteiger partial charge on any atom is -0.476 e. The Hall–Kier alpha value is -1.97. The molecule has 2 aromatic rings. The largest absolute Gasteiger partial charge is 0.476 e. The summed E-state index contributed by atoms with van der Waals surface area (Å²) in [5, 5.41) is 17.2. The lowest BCUT2D eigenvalue weighted by Gasteiger charge is -2.03. The molecular formula is C11H11N3O4S2. The third kappa shape index (κ3) is 3.13. The predicted octanol–water partition coefficient (Wildman–Crippen LogP) is 1.54. The standard InChI is InChI=1S/C11H11N3O4S2/c1-6-9(10(15)16)14-11(19-6)13-7-2-4-8(5-3-7)20(12,17)18/h2-5H,1H3,(H,13,14)(H,15,16)(H2,12,17,18). The van der Waals surface area contributed by atoms with Crippen molar-refractivity contribution in [2.75, 3.05) is 5.32 Å². The van der Waals surface area contributed by atoms with Crippen LogP contribution in [0.5, 0.6) is 0 Å². The summed E-state index contributed by atoms with van der Waals surface area (Å²) in [6.07, 6.45) is 0. The first-order chi connectivity index (χ1) is 9.27. The third-order valence-electron chi connectivity index (χ3n) is 2.43. The van der Waals surface area contributed by atoms with Gasteiger partial charge in [-0.3, -0.25) is 0 Å². The summed E-state index contributed by atoms with van der Waals surface area (Å²) in [6, 6.07) is 5.76. The summed E-state index contributed by atoms with van der Waals surface area (Å²) in [5.41, 5.74) is 0.585. The predicted molar refractivity (Wildman–Crippen MR) is 74.9 cm³/mol. The number of rotatable bonds is 4. The van der Waals surface area contributed by atoms with Crippen LogP contribution in [0.4, 0.5) is 10.8 Å². The molecule has 0 fully saturated rings. The number of nitrogens with two attached hydrogens (primary N) is 1. The van der Waals surface area contributed by atoms with E-state index in [4.69, 9.17) is 10.2 Å². The molecule has 7 nitrogen and oxygen atoms in total. The van der Waals surface area contributed by atoms with Crippen LogP contribution in [0.25, 0.3) is 0 Å². The molecule has 0 saturated carbocycles. The molecule has 2 rings (SSSR count). The van der Waals surface area contributed by atoms with Crippen molar-refractivity contribution in [3.63, 3.8) is 0 Å². The molecule has 1 heterocycles. The van der Waals surface area contributed by atoms with Crippen molar-refractivity contribution in [1.29, 1.82) is 0 Å². The van der Waals surface area contributed by atoms with Crippen molar-refractivity contribution in [3.05, 3.63) is 34.8 Å². The van der Waals surface area contributed by atoms with Crippen LogP contribution in [-0.4, -0.2) is 24.5 Å². The minimum atomic E-state index is -3.72. The number of primary sulfonamides is 1. The van der Waals surface area contributed by atoms with Crippen LogP contribution in [-0.2, 0) is 10.0 Å². The van der Waals surface area contributed by atoms with Gasteiger partial charge in [0.2, 0.25) is 10.0 Å². The maximum absolute atomic E-state index is 11.1. The smallest absolute Gasteiger partial charge is 0.355 e. The molecule has 4 N–H and O–H groups in total. The van der Waals surface area contributed by atoms with Crippen LogP contribution in [0.15, 0.2) is 29.2 Å². The third-order valence-corrected chi connectivity index (χ3v) is 4.25. The Morgan fingerprint density at radius 2 is 1.95 bits per heavy atom. The summed E-state index contributed by atoms with van der Waals surface area (Å²) < 4.78 is 22.2. The molecule has 106 valence electrons. The maximum Gasteiger partial charge on any atom is 0.355 e. The Morgan fingerprint density at radius 1 is 1.35 bits per heavy atom. The van der Waals surface area contributed by atoms with E-state index < -0.39 is 16.0 Å². The second-order valence-electron chi connectivity index (χ2n) is 3.92. The maximum atomic E-state index is 11.1. The van der Waals surface area contributed by atoms with Gasteiger partial charge in [0.05, 0.1) is 4.90 Å². The highest BCUT2D eigenvalue weighted by molar-refractivity contribution is 7.89. The Labute approximate surface area is 119 Å². The van der Waals surface area contributed by atoms with E-state index in [0.29, 0.717) is 15.7 Å². The zero-order valence-electron chi connectivity index (χ0n) is 10.3. The summed E-state index contributed by atoms with van der Waals surface area (Å²) >= 11 is 1.20. The highest BCUT2D eigenvalue weighted by atomic mass is 32.2. The SMILES string of the molecule is Cc1sc(Nc2ccc(S(N)(=O)=O)cc2)nc1C(=O)O. The van der Waals surface area contributed by atoms with Crippen LogP contribution in [0.3, 0.4) is 0 Å². The van der Waals surface area contributed by atoms with E-state index in [1.54, 1.807) is 6.92 Å². The van der Waals surface area contributed by atoms with Gasteiger partial charge >= 0.3 is 5.97 Å². The second-order valence-corrected chi connectivity index (χ2v) is 6.69. The summed E-state index contributed by atoms with van der Waals surface area (Å²) in [4.78, 5) is 15.4. The van der Waals surface area contributed by atoms with Crippen molar-refractivity contribution in [3.8, 4) is 0 Å². The van der Waals surface area contributed by atoms with E-state index in [9.17, 15) is 13.2 Å². The van der Waals surface area contributed by atoms with E-state index in [1.165, 1.54) is 35.6 Å². The Bertz CT molecular complexity index is 750. The number of nitrogens with one attached hydrogen (secondary N) is 1. The van der Waals surface area contributed by atoms with Gasteiger partial charge in [-0.25, -0.2) is 23.3 Å². The number of carboxylic acid groups (broad SMARTS) is 1. The average Bonchev–Trinajstić information content (AvgIpc) is 2.70. The molecule has 0 aliphatic carbocycles. The highest BCUT2D eigenvalue weighted by Crippen LogP contribution is 2.25.